The third kappa shape index (κ3) is 6.15. The summed E-state index contributed by atoms with van der Waals surface area (Å²) in [5.74, 6) is 0.961. The molecule has 2 unspecified atom stereocenters. The molecule has 1 fully saturated rings. The molecule has 0 bridgehead atoms. The highest BCUT2D eigenvalue weighted by atomic mass is 35.5. The van der Waals surface area contributed by atoms with Crippen LogP contribution in [0.2, 0.25) is 5.02 Å². The SMILES string of the molecule is COc1ccc(Cl)c2sc(N(CCCN(C)C)C(=O)c3ccc(S(=O)(=O)N4CC(C)CC(C)C4)cc3)nc12. The van der Waals surface area contributed by atoms with Gasteiger partial charge < -0.3 is 9.64 Å². The molecule has 0 radical (unpaired) electrons. The fourth-order valence-corrected chi connectivity index (χ4v) is 7.89. The molecule has 206 valence electrons. The normalized spacial score (nSPS) is 18.7. The molecule has 3 aromatic rings. The molecule has 2 aromatic carbocycles. The third-order valence-corrected chi connectivity index (χ3v) is 10.1. The maximum absolute atomic E-state index is 13.7. The summed E-state index contributed by atoms with van der Waals surface area (Å²) in [5, 5.41) is 1.06. The summed E-state index contributed by atoms with van der Waals surface area (Å²) >= 11 is 7.77. The molecule has 0 N–H and O–H groups in total. The van der Waals surface area contributed by atoms with Crippen LogP contribution in [0.3, 0.4) is 0 Å². The molecule has 11 heteroatoms. The maximum Gasteiger partial charge on any atom is 0.260 e. The summed E-state index contributed by atoms with van der Waals surface area (Å²) in [6.07, 6.45) is 1.75. The van der Waals surface area contributed by atoms with Gasteiger partial charge in [0.25, 0.3) is 5.91 Å². The molecule has 2 atom stereocenters. The van der Waals surface area contributed by atoms with E-state index < -0.39 is 10.0 Å². The molecule has 2 heterocycles. The van der Waals surface area contributed by atoms with Crippen molar-refractivity contribution in [2.24, 2.45) is 11.8 Å². The molecule has 1 saturated heterocycles. The molecule has 1 aliphatic heterocycles. The summed E-state index contributed by atoms with van der Waals surface area (Å²) in [7, 11) is 1.91. The average molecular weight is 579 g/mol. The topological polar surface area (TPSA) is 83.0 Å². The fourth-order valence-electron chi connectivity index (χ4n) is 4.93. The quantitative estimate of drug-likeness (QED) is 0.346. The van der Waals surface area contributed by atoms with Crippen LogP contribution >= 0.6 is 22.9 Å². The lowest BCUT2D eigenvalue weighted by Gasteiger charge is -2.34. The van der Waals surface area contributed by atoms with Gasteiger partial charge in [0.05, 0.1) is 21.7 Å². The van der Waals surface area contributed by atoms with E-state index in [2.05, 4.69) is 18.7 Å². The number of fused-ring (bicyclic) bond motifs is 1. The third-order valence-electron chi connectivity index (χ3n) is 6.70. The van der Waals surface area contributed by atoms with Gasteiger partial charge >= 0.3 is 0 Å². The fraction of sp³-hybridized carbons (Fsp3) is 0.481. The van der Waals surface area contributed by atoms with Gasteiger partial charge in [0.1, 0.15) is 11.3 Å². The minimum Gasteiger partial charge on any atom is -0.494 e. The predicted molar refractivity (Wildman–Crippen MR) is 154 cm³/mol. The first kappa shape index (κ1) is 28.8. The summed E-state index contributed by atoms with van der Waals surface area (Å²) in [6, 6.07) is 9.75. The van der Waals surface area contributed by atoms with Gasteiger partial charge in [-0.25, -0.2) is 13.4 Å². The number of ether oxygens (including phenoxy) is 1. The van der Waals surface area contributed by atoms with E-state index in [1.807, 2.05) is 14.1 Å². The molecule has 8 nitrogen and oxygen atoms in total. The second-order valence-electron chi connectivity index (χ2n) is 10.3. The largest absolute Gasteiger partial charge is 0.494 e. The van der Waals surface area contributed by atoms with E-state index in [9.17, 15) is 13.2 Å². The number of piperidine rings is 1. The van der Waals surface area contributed by atoms with Crippen LogP contribution < -0.4 is 9.64 Å². The Labute approximate surface area is 234 Å². The van der Waals surface area contributed by atoms with Crippen molar-refractivity contribution in [3.8, 4) is 5.75 Å². The standard InChI is InChI=1S/C27H35ClN4O4S2/c1-18-15-19(2)17-31(16-18)38(34,35)21-9-7-20(8-10-21)26(33)32(14-6-13-30(3)4)27-29-24-23(36-5)12-11-22(28)25(24)37-27/h7-12,18-19H,6,13-17H2,1-5H3. The second-order valence-corrected chi connectivity index (χ2v) is 13.7. The zero-order chi connectivity index (χ0) is 27.6. The lowest BCUT2D eigenvalue weighted by atomic mass is 9.94. The molecule has 1 aromatic heterocycles. The van der Waals surface area contributed by atoms with Crippen LogP contribution in [0, 0.1) is 11.8 Å². The van der Waals surface area contributed by atoms with Crippen LogP contribution in [0.4, 0.5) is 5.13 Å². The van der Waals surface area contributed by atoms with Gasteiger partial charge in [-0.2, -0.15) is 4.31 Å². The van der Waals surface area contributed by atoms with E-state index in [1.165, 1.54) is 23.5 Å². The van der Waals surface area contributed by atoms with E-state index in [0.29, 0.717) is 58.5 Å². The number of sulfonamides is 1. The number of anilines is 1. The first-order valence-corrected chi connectivity index (χ1v) is 15.3. The highest BCUT2D eigenvalue weighted by molar-refractivity contribution is 7.89. The van der Waals surface area contributed by atoms with Crippen molar-refractivity contribution in [3.05, 3.63) is 47.0 Å². The van der Waals surface area contributed by atoms with Crippen LogP contribution in [0.1, 0.15) is 37.0 Å². The first-order valence-electron chi connectivity index (χ1n) is 12.7. The van der Waals surface area contributed by atoms with Gasteiger partial charge in [-0.15, -0.1) is 0 Å². The Morgan fingerprint density at radius 3 is 2.37 bits per heavy atom. The number of halogens is 1. The Bertz CT molecular complexity index is 1380. The second kappa shape index (κ2) is 11.9. The van der Waals surface area contributed by atoms with Gasteiger partial charge in [-0.05, 0) is 81.7 Å². The number of hydrogen-bond acceptors (Lipinski definition) is 7. The van der Waals surface area contributed by atoms with Crippen LogP contribution in [-0.4, -0.2) is 75.9 Å². The Kier molecular flexibility index (Phi) is 8.99. The monoisotopic (exact) mass is 578 g/mol. The van der Waals surface area contributed by atoms with Crippen LogP contribution in [-0.2, 0) is 10.0 Å². The smallest absolute Gasteiger partial charge is 0.260 e. The van der Waals surface area contributed by atoms with Gasteiger partial charge in [0.15, 0.2) is 5.13 Å². The van der Waals surface area contributed by atoms with Crippen LogP contribution in [0.15, 0.2) is 41.3 Å². The van der Waals surface area contributed by atoms with Gasteiger partial charge in [-0.1, -0.05) is 36.8 Å². The van der Waals surface area contributed by atoms with E-state index in [0.717, 1.165) is 24.1 Å². The lowest BCUT2D eigenvalue weighted by Crippen LogP contribution is -2.42. The zero-order valence-corrected chi connectivity index (χ0v) is 24.9. The van der Waals surface area contributed by atoms with Crippen LogP contribution in [0.5, 0.6) is 5.75 Å². The number of amides is 1. The number of carbonyl (C=O) groups excluding carboxylic acids is 1. The van der Waals surface area contributed by atoms with Crippen molar-refractivity contribution in [2.45, 2.75) is 31.6 Å². The molecule has 0 spiro atoms. The number of carbonyl (C=O) groups is 1. The molecule has 1 aliphatic rings. The van der Waals surface area contributed by atoms with E-state index in [4.69, 9.17) is 21.3 Å². The number of benzene rings is 2. The van der Waals surface area contributed by atoms with Gasteiger partial charge in [0.2, 0.25) is 10.0 Å². The summed E-state index contributed by atoms with van der Waals surface area (Å²) < 4.78 is 34.4. The summed E-state index contributed by atoms with van der Waals surface area (Å²) in [6.45, 7) is 6.42. The molecular formula is C27H35ClN4O4S2. The predicted octanol–water partition coefficient (Wildman–Crippen LogP) is 5.22. The lowest BCUT2D eigenvalue weighted by molar-refractivity contribution is 0.0986. The summed E-state index contributed by atoms with van der Waals surface area (Å²) in [5.41, 5.74) is 1.00. The van der Waals surface area contributed by atoms with Gasteiger partial charge in [-0.3, -0.25) is 9.69 Å². The Morgan fingerprint density at radius 2 is 1.76 bits per heavy atom. The molecular weight excluding hydrogens is 544 g/mol. The Hall–Kier alpha value is -2.24. The number of methoxy groups -OCH3 is 1. The Morgan fingerprint density at radius 1 is 1.11 bits per heavy atom. The number of hydrogen-bond donors (Lipinski definition) is 0. The van der Waals surface area contributed by atoms with Crippen molar-refractivity contribution in [1.29, 1.82) is 0 Å². The van der Waals surface area contributed by atoms with E-state index >= 15 is 0 Å². The van der Waals surface area contributed by atoms with Crippen molar-refractivity contribution >= 4 is 54.2 Å². The highest BCUT2D eigenvalue weighted by Crippen LogP contribution is 2.39. The highest BCUT2D eigenvalue weighted by Gasteiger charge is 2.32. The zero-order valence-electron chi connectivity index (χ0n) is 22.5. The van der Waals surface area contributed by atoms with Crippen molar-refractivity contribution < 1.29 is 17.9 Å². The number of rotatable bonds is 9. The van der Waals surface area contributed by atoms with Crippen molar-refractivity contribution in [2.75, 3.05) is 52.3 Å². The first-order chi connectivity index (χ1) is 18.0. The Balaban J connectivity index is 1.64. The van der Waals surface area contributed by atoms with Crippen LogP contribution in [0.25, 0.3) is 10.2 Å². The molecule has 0 aliphatic carbocycles. The number of aromatic nitrogens is 1. The molecule has 1 amide bonds. The number of nitrogens with zero attached hydrogens (tertiary/aromatic N) is 4. The molecule has 4 rings (SSSR count). The molecule has 0 saturated carbocycles. The van der Waals surface area contributed by atoms with Gasteiger partial charge in [0, 0.05) is 25.2 Å². The average Bonchev–Trinajstić information content (AvgIpc) is 3.32. The molecule has 38 heavy (non-hydrogen) atoms. The van der Waals surface area contributed by atoms with Crippen molar-refractivity contribution in [1.82, 2.24) is 14.2 Å². The van der Waals surface area contributed by atoms with E-state index in [-0.39, 0.29) is 10.8 Å². The minimum atomic E-state index is -3.63. The summed E-state index contributed by atoms with van der Waals surface area (Å²) in [4.78, 5) is 22.4. The number of thiazole rings is 1. The van der Waals surface area contributed by atoms with E-state index in [1.54, 1.807) is 40.6 Å². The van der Waals surface area contributed by atoms with Crippen molar-refractivity contribution in [3.63, 3.8) is 0 Å². The maximum atomic E-state index is 13.7. The minimum absolute atomic E-state index is 0.200.